The first-order valence-electron chi connectivity index (χ1n) is 10.2. The lowest BCUT2D eigenvalue weighted by molar-refractivity contribution is -0.137. The van der Waals surface area contributed by atoms with Crippen LogP contribution >= 0.6 is 11.8 Å². The van der Waals surface area contributed by atoms with Crippen molar-refractivity contribution in [1.82, 2.24) is 15.1 Å². The van der Waals surface area contributed by atoms with Gasteiger partial charge in [0.2, 0.25) is 11.7 Å². The summed E-state index contributed by atoms with van der Waals surface area (Å²) in [6, 6.07) is 8.99. The second-order valence-electron chi connectivity index (χ2n) is 7.51. The highest BCUT2D eigenvalue weighted by molar-refractivity contribution is 8.00. The van der Waals surface area contributed by atoms with Crippen molar-refractivity contribution in [2.75, 3.05) is 12.4 Å². The van der Waals surface area contributed by atoms with Crippen LogP contribution in [0.4, 0.5) is 19.0 Å². The highest BCUT2D eigenvalue weighted by Gasteiger charge is 2.33. The first-order chi connectivity index (χ1) is 15.0. The predicted molar refractivity (Wildman–Crippen MR) is 115 cm³/mol. The topological polar surface area (TPSA) is 63.8 Å². The van der Waals surface area contributed by atoms with Crippen LogP contribution in [0.2, 0.25) is 0 Å². The Hall–Kier alpha value is -2.55. The summed E-state index contributed by atoms with van der Waals surface area (Å²) in [7, 11) is 1.75. The van der Waals surface area contributed by atoms with Crippen molar-refractivity contribution >= 4 is 17.6 Å². The van der Waals surface area contributed by atoms with Crippen molar-refractivity contribution in [3.8, 4) is 11.4 Å². The number of hydrogen-bond donors (Lipinski definition) is 1. The normalized spacial score (nSPS) is 16.3. The summed E-state index contributed by atoms with van der Waals surface area (Å²) < 4.78 is 45.6. The van der Waals surface area contributed by atoms with Crippen LogP contribution in [0.1, 0.15) is 54.4 Å². The van der Waals surface area contributed by atoms with E-state index in [4.69, 9.17) is 4.52 Å². The van der Waals surface area contributed by atoms with E-state index in [1.807, 2.05) is 6.07 Å². The fourth-order valence-corrected chi connectivity index (χ4v) is 5.29. The molecule has 0 saturated heterocycles. The highest BCUT2D eigenvalue weighted by atomic mass is 32.2. The van der Waals surface area contributed by atoms with E-state index in [0.717, 1.165) is 31.7 Å². The largest absolute Gasteiger partial charge is 0.416 e. The van der Waals surface area contributed by atoms with Gasteiger partial charge in [0.25, 0.3) is 0 Å². The molecule has 31 heavy (non-hydrogen) atoms. The number of nitrogens with one attached hydrogen (secondary N) is 1. The molecule has 1 unspecified atom stereocenters. The van der Waals surface area contributed by atoms with Gasteiger partial charge < -0.3 is 9.84 Å². The van der Waals surface area contributed by atoms with Crippen LogP contribution in [0.25, 0.3) is 11.4 Å². The average Bonchev–Trinajstić information content (AvgIpc) is 3.27. The van der Waals surface area contributed by atoms with Crippen molar-refractivity contribution in [2.24, 2.45) is 0 Å². The lowest BCUT2D eigenvalue weighted by Gasteiger charge is -2.25. The zero-order valence-electron chi connectivity index (χ0n) is 17.0. The van der Waals surface area contributed by atoms with Gasteiger partial charge in [-0.05, 0) is 36.6 Å². The van der Waals surface area contributed by atoms with Gasteiger partial charge in [-0.1, -0.05) is 42.6 Å². The second kappa shape index (κ2) is 9.30. The van der Waals surface area contributed by atoms with Gasteiger partial charge in [0.05, 0.1) is 11.1 Å². The van der Waals surface area contributed by atoms with Gasteiger partial charge in [0, 0.05) is 18.5 Å². The molecule has 9 heteroatoms. The number of alkyl halides is 3. The molecule has 1 aliphatic rings. The Labute approximate surface area is 182 Å². The van der Waals surface area contributed by atoms with Crippen molar-refractivity contribution in [2.45, 2.75) is 48.8 Å². The van der Waals surface area contributed by atoms with Crippen LogP contribution in [-0.2, 0) is 6.18 Å². The molecule has 0 aliphatic heterocycles. The van der Waals surface area contributed by atoms with E-state index in [1.54, 1.807) is 37.1 Å². The van der Waals surface area contributed by atoms with Gasteiger partial charge in [-0.2, -0.15) is 18.2 Å². The molecule has 2 heterocycles. The summed E-state index contributed by atoms with van der Waals surface area (Å²) in [5.41, 5.74) is 0.509. The molecule has 3 aromatic rings. The van der Waals surface area contributed by atoms with E-state index in [0.29, 0.717) is 33.9 Å². The van der Waals surface area contributed by atoms with Crippen LogP contribution < -0.4 is 5.32 Å². The maximum absolute atomic E-state index is 13.3. The van der Waals surface area contributed by atoms with Gasteiger partial charge >= 0.3 is 6.18 Å². The number of rotatable bonds is 6. The summed E-state index contributed by atoms with van der Waals surface area (Å²) in [4.78, 5) is 8.82. The Morgan fingerprint density at radius 2 is 1.94 bits per heavy atom. The molecule has 4 rings (SSSR count). The molecule has 0 amide bonds. The van der Waals surface area contributed by atoms with Gasteiger partial charge in [-0.25, -0.2) is 4.98 Å². The predicted octanol–water partition coefficient (Wildman–Crippen LogP) is 6.35. The molecule has 1 saturated carbocycles. The Morgan fingerprint density at radius 3 is 2.68 bits per heavy atom. The zero-order chi connectivity index (χ0) is 21.8. The molecule has 1 N–H and O–H groups in total. The summed E-state index contributed by atoms with van der Waals surface area (Å²) >= 11 is 1.61. The monoisotopic (exact) mass is 448 g/mol. The molecular formula is C22H23F3N4OS. The number of pyridine rings is 1. The average molecular weight is 449 g/mol. The molecule has 164 valence electrons. The third-order valence-electron chi connectivity index (χ3n) is 5.35. The van der Waals surface area contributed by atoms with Crippen molar-refractivity contribution in [1.29, 1.82) is 0 Å². The summed E-state index contributed by atoms with van der Waals surface area (Å²) in [5, 5.41) is 6.97. The summed E-state index contributed by atoms with van der Waals surface area (Å²) in [5.74, 6) is 1.26. The molecule has 5 nitrogen and oxygen atoms in total. The lowest BCUT2D eigenvalue weighted by atomic mass is 10.0. The van der Waals surface area contributed by atoms with Gasteiger partial charge in [-0.15, -0.1) is 11.8 Å². The van der Waals surface area contributed by atoms with E-state index in [9.17, 15) is 13.2 Å². The smallest absolute Gasteiger partial charge is 0.373 e. The van der Waals surface area contributed by atoms with Crippen LogP contribution in [0.15, 0.2) is 47.1 Å². The molecule has 0 bridgehead atoms. The van der Waals surface area contributed by atoms with Crippen LogP contribution in [0.3, 0.4) is 0 Å². The fourth-order valence-electron chi connectivity index (χ4n) is 3.79. The SMILES string of the molecule is CNc1ncccc1-c1noc(C(SC2CCCCC2)c2cccc(C(F)(F)F)c2)n1. The number of thioether (sulfide) groups is 1. The maximum Gasteiger partial charge on any atom is 0.416 e. The minimum Gasteiger partial charge on any atom is -0.373 e. The quantitative estimate of drug-likeness (QED) is 0.474. The maximum atomic E-state index is 13.3. The van der Waals surface area contributed by atoms with Crippen molar-refractivity contribution < 1.29 is 17.7 Å². The fraction of sp³-hybridized carbons (Fsp3) is 0.409. The van der Waals surface area contributed by atoms with E-state index >= 15 is 0 Å². The number of benzene rings is 1. The third-order valence-corrected chi connectivity index (χ3v) is 6.95. The Balaban J connectivity index is 1.71. The molecule has 0 spiro atoms. The van der Waals surface area contributed by atoms with Crippen LogP contribution in [-0.4, -0.2) is 27.4 Å². The van der Waals surface area contributed by atoms with Crippen LogP contribution in [0.5, 0.6) is 0 Å². The number of anilines is 1. The minimum atomic E-state index is -4.41. The van der Waals surface area contributed by atoms with E-state index in [1.165, 1.54) is 18.6 Å². The van der Waals surface area contributed by atoms with Gasteiger partial charge in [0.1, 0.15) is 11.1 Å². The van der Waals surface area contributed by atoms with Crippen molar-refractivity contribution in [3.63, 3.8) is 0 Å². The van der Waals surface area contributed by atoms with E-state index < -0.39 is 17.0 Å². The first kappa shape index (κ1) is 21.7. The number of halogens is 3. The standard InChI is InChI=1S/C22H23F3N4OS/c1-26-19-17(11-6-12-27-19)20-28-21(30-29-20)18(31-16-9-3-2-4-10-16)14-7-5-8-15(13-14)22(23,24)25/h5-8,11-13,16,18H,2-4,9-10H2,1H3,(H,26,27). The zero-order valence-corrected chi connectivity index (χ0v) is 17.8. The Morgan fingerprint density at radius 1 is 1.13 bits per heavy atom. The number of aromatic nitrogens is 3. The molecule has 1 aliphatic carbocycles. The molecular weight excluding hydrogens is 425 g/mol. The number of hydrogen-bond acceptors (Lipinski definition) is 6. The number of nitrogens with zero attached hydrogens (tertiary/aromatic N) is 3. The Bertz CT molecular complexity index is 1020. The Kier molecular flexibility index (Phi) is 6.50. The minimum absolute atomic E-state index is 0.302. The lowest BCUT2D eigenvalue weighted by Crippen LogP contribution is -2.12. The molecule has 2 aromatic heterocycles. The van der Waals surface area contributed by atoms with Crippen molar-refractivity contribution in [3.05, 3.63) is 59.6 Å². The summed E-state index contributed by atoms with van der Waals surface area (Å²) in [6.07, 6.45) is 2.77. The molecule has 1 fully saturated rings. The first-order valence-corrected chi connectivity index (χ1v) is 11.2. The summed E-state index contributed by atoms with van der Waals surface area (Å²) in [6.45, 7) is 0. The van der Waals surface area contributed by atoms with E-state index in [-0.39, 0.29) is 0 Å². The van der Waals surface area contributed by atoms with E-state index in [2.05, 4.69) is 20.4 Å². The molecule has 0 radical (unpaired) electrons. The van der Waals surface area contributed by atoms with Gasteiger partial charge in [0.15, 0.2) is 0 Å². The molecule has 1 aromatic carbocycles. The molecule has 1 atom stereocenters. The second-order valence-corrected chi connectivity index (χ2v) is 8.92. The van der Waals surface area contributed by atoms with Gasteiger partial charge in [-0.3, -0.25) is 0 Å². The highest BCUT2D eigenvalue weighted by Crippen LogP contribution is 2.44. The third kappa shape index (κ3) is 5.03. The van der Waals surface area contributed by atoms with Crippen LogP contribution in [0, 0.1) is 0 Å².